The van der Waals surface area contributed by atoms with Gasteiger partial charge < -0.3 is 9.26 Å². The lowest BCUT2D eigenvalue weighted by atomic mass is 9.95. The molecule has 0 aromatic heterocycles. The van der Waals surface area contributed by atoms with Crippen LogP contribution in [0.5, 0.6) is 5.75 Å². The van der Waals surface area contributed by atoms with Crippen molar-refractivity contribution in [3.05, 3.63) is 47.7 Å². The topological polar surface area (TPSA) is 44.5 Å². The number of rotatable bonds is 8. The summed E-state index contributed by atoms with van der Waals surface area (Å²) in [5.74, 6) is 0.807. The Balaban J connectivity index is 2.93. The Bertz CT molecular complexity index is 477. The first-order valence-electron chi connectivity index (χ1n) is 7.11. The van der Waals surface area contributed by atoms with Crippen LogP contribution in [0.25, 0.3) is 0 Å². The average Bonchev–Trinajstić information content (AvgIpc) is 2.41. The maximum Gasteiger partial charge on any atom is 0.216 e. The maximum absolute atomic E-state index is 12.0. The largest absolute Gasteiger partial charge is 0.497 e. The predicted octanol–water partition coefficient (Wildman–Crippen LogP) is 4.09. The van der Waals surface area contributed by atoms with Crippen molar-refractivity contribution in [3.63, 3.8) is 0 Å². The van der Waals surface area contributed by atoms with Gasteiger partial charge in [-0.2, -0.15) is 0 Å². The molecule has 0 amide bonds. The fourth-order valence-corrected chi connectivity index (χ4v) is 2.52. The highest BCUT2D eigenvalue weighted by Crippen LogP contribution is 2.22. The Morgan fingerprint density at radius 1 is 1.29 bits per heavy atom. The van der Waals surface area contributed by atoms with Crippen molar-refractivity contribution in [2.75, 3.05) is 7.11 Å². The van der Waals surface area contributed by atoms with E-state index < -0.39 is 8.32 Å². The van der Waals surface area contributed by atoms with Gasteiger partial charge in [0.05, 0.1) is 13.0 Å². The van der Waals surface area contributed by atoms with Crippen LogP contribution in [-0.2, 0) is 4.53 Å². The molecule has 0 radical (unpaired) electrons. The molecule has 0 aliphatic carbocycles. The van der Waals surface area contributed by atoms with Crippen molar-refractivity contribution < 1.29 is 14.2 Å². The third-order valence-corrected chi connectivity index (χ3v) is 3.62. The van der Waals surface area contributed by atoms with Gasteiger partial charge in [0.1, 0.15) is 5.75 Å². The third-order valence-electron chi connectivity index (χ3n) is 2.89. The van der Waals surface area contributed by atoms with E-state index in [2.05, 4.69) is 6.58 Å². The number of nitrogens with zero attached hydrogens (tertiary/aromatic N) is 1. The Hall–Kier alpha value is -1.75. The van der Waals surface area contributed by atoms with Crippen LogP contribution in [0.2, 0.25) is 19.6 Å². The van der Waals surface area contributed by atoms with Gasteiger partial charge in [0.25, 0.3) is 0 Å². The van der Waals surface area contributed by atoms with E-state index in [1.807, 2.05) is 50.0 Å². The number of methoxy groups -OCH3 is 1. The van der Waals surface area contributed by atoms with E-state index in [1.165, 1.54) is 0 Å². The maximum atomic E-state index is 12.0. The van der Waals surface area contributed by atoms with E-state index in [0.717, 1.165) is 24.2 Å². The highest BCUT2D eigenvalue weighted by molar-refractivity contribution is 6.69. The van der Waals surface area contributed by atoms with Gasteiger partial charge in [0.2, 0.25) is 6.21 Å². The fourth-order valence-electron chi connectivity index (χ4n) is 1.92. The minimum absolute atomic E-state index is 0.00255. The van der Waals surface area contributed by atoms with Crippen molar-refractivity contribution in [3.8, 4) is 5.75 Å². The molecular formula is C16H25NO3Si. The van der Waals surface area contributed by atoms with Crippen molar-refractivity contribution in [2.24, 2.45) is 0 Å². The zero-order chi connectivity index (χ0) is 15.9. The van der Waals surface area contributed by atoms with Gasteiger partial charge in [-0.15, -0.1) is 6.58 Å². The molecule has 21 heavy (non-hydrogen) atoms. The van der Waals surface area contributed by atoms with Gasteiger partial charge in [0, 0.05) is 4.90 Å². The van der Waals surface area contributed by atoms with Crippen LogP contribution < -0.4 is 4.74 Å². The number of ether oxygens (including phenoxy) is 1. The molecule has 1 rings (SSSR count). The summed E-state index contributed by atoms with van der Waals surface area (Å²) in [6, 6.07) is 7.76. The zero-order valence-corrected chi connectivity index (χ0v) is 14.3. The summed E-state index contributed by atoms with van der Waals surface area (Å²) in [6.07, 6.45) is 5.13. The van der Waals surface area contributed by atoms with E-state index in [1.54, 1.807) is 13.3 Å². The molecule has 0 spiro atoms. The van der Waals surface area contributed by atoms with Gasteiger partial charge in [-0.3, -0.25) is 5.21 Å². The number of hydrogen-bond acceptors (Lipinski definition) is 3. The van der Waals surface area contributed by atoms with Gasteiger partial charge in [0.15, 0.2) is 8.32 Å². The first-order valence-corrected chi connectivity index (χ1v) is 10.5. The third kappa shape index (κ3) is 6.49. The molecule has 0 aliphatic heterocycles. The standard InChI is InChI=1S/C16H25NO3Si/c1-6-7-8-15(13-17(18)20-21(3,4)5)14-9-11-16(19-2)12-10-14/h6,9-13,15H,1,7-8H2,2-5H3/b17-13+. The molecule has 0 saturated heterocycles. The van der Waals surface area contributed by atoms with Gasteiger partial charge in [-0.25, -0.2) is 0 Å². The second-order valence-electron chi connectivity index (χ2n) is 5.88. The molecule has 116 valence electrons. The lowest BCUT2D eigenvalue weighted by Crippen LogP contribution is -2.30. The van der Waals surface area contributed by atoms with Crippen LogP contribution in [0, 0.1) is 5.21 Å². The van der Waals surface area contributed by atoms with Crippen LogP contribution in [0.1, 0.15) is 24.3 Å². The molecule has 0 fully saturated rings. The quantitative estimate of drug-likeness (QED) is 0.239. The van der Waals surface area contributed by atoms with Crippen LogP contribution in [0.4, 0.5) is 0 Å². The summed E-state index contributed by atoms with van der Waals surface area (Å²) in [4.78, 5) is 0.629. The molecule has 0 bridgehead atoms. The van der Waals surface area contributed by atoms with E-state index in [-0.39, 0.29) is 5.92 Å². The summed E-state index contributed by atoms with van der Waals surface area (Å²) in [7, 11) is -0.256. The van der Waals surface area contributed by atoms with Gasteiger partial charge in [-0.05, 0) is 30.5 Å². The van der Waals surface area contributed by atoms with E-state index >= 15 is 0 Å². The zero-order valence-electron chi connectivity index (χ0n) is 13.3. The summed E-state index contributed by atoms with van der Waals surface area (Å²) in [5.41, 5.74) is 1.07. The lowest BCUT2D eigenvalue weighted by Gasteiger charge is -2.20. The van der Waals surface area contributed by atoms with Gasteiger partial charge >= 0.3 is 0 Å². The lowest BCUT2D eigenvalue weighted by molar-refractivity contribution is -0.701. The minimum atomic E-state index is -1.89. The first kappa shape index (κ1) is 17.3. The average molecular weight is 307 g/mol. The van der Waals surface area contributed by atoms with Crippen molar-refractivity contribution in [2.45, 2.75) is 38.4 Å². The summed E-state index contributed by atoms with van der Waals surface area (Å²) >= 11 is 0. The van der Waals surface area contributed by atoms with E-state index in [9.17, 15) is 5.21 Å². The van der Waals surface area contributed by atoms with Gasteiger partial charge in [-0.1, -0.05) is 37.8 Å². The second kappa shape index (κ2) is 7.88. The normalized spacial score (nSPS) is 13.6. The minimum Gasteiger partial charge on any atom is -0.497 e. The van der Waals surface area contributed by atoms with E-state index in [0.29, 0.717) is 4.90 Å². The fraction of sp³-hybridized carbons (Fsp3) is 0.438. The number of benzene rings is 1. The van der Waals surface area contributed by atoms with Crippen LogP contribution >= 0.6 is 0 Å². The Labute approximate surface area is 128 Å². The first-order chi connectivity index (χ1) is 9.85. The summed E-state index contributed by atoms with van der Waals surface area (Å²) < 4.78 is 10.6. The molecule has 0 heterocycles. The highest BCUT2D eigenvalue weighted by atomic mass is 28.4. The molecule has 1 aromatic carbocycles. The smallest absolute Gasteiger partial charge is 0.216 e. The van der Waals surface area contributed by atoms with Crippen LogP contribution in [0.15, 0.2) is 36.9 Å². The highest BCUT2D eigenvalue weighted by Gasteiger charge is 2.18. The molecule has 0 aliphatic rings. The van der Waals surface area contributed by atoms with Crippen molar-refractivity contribution >= 4 is 14.5 Å². The molecule has 0 saturated carbocycles. The molecule has 5 heteroatoms. The summed E-state index contributed by atoms with van der Waals surface area (Å²) in [5, 5.41) is 12.0. The van der Waals surface area contributed by atoms with Crippen molar-refractivity contribution in [1.29, 1.82) is 0 Å². The second-order valence-corrected chi connectivity index (χ2v) is 10.3. The SMILES string of the molecule is C=CCCC(/C=[N+](\[O-])O[Si](C)(C)C)c1ccc(OC)cc1. The number of allylic oxidation sites excluding steroid dienone is 1. The Morgan fingerprint density at radius 3 is 2.38 bits per heavy atom. The molecular weight excluding hydrogens is 282 g/mol. The van der Waals surface area contributed by atoms with E-state index in [4.69, 9.17) is 9.26 Å². The monoisotopic (exact) mass is 307 g/mol. The van der Waals surface area contributed by atoms with Crippen LogP contribution in [0.3, 0.4) is 0 Å². The Kier molecular flexibility index (Phi) is 6.49. The molecule has 0 N–H and O–H groups in total. The molecule has 4 nitrogen and oxygen atoms in total. The molecule has 1 unspecified atom stereocenters. The number of hydrogen-bond donors (Lipinski definition) is 0. The molecule has 1 aromatic rings. The summed E-state index contributed by atoms with van der Waals surface area (Å²) in [6.45, 7) is 9.69. The van der Waals surface area contributed by atoms with Crippen molar-refractivity contribution in [1.82, 2.24) is 0 Å². The molecule has 1 atom stereocenters. The Morgan fingerprint density at radius 2 is 1.90 bits per heavy atom. The van der Waals surface area contributed by atoms with Crippen LogP contribution in [-0.4, -0.2) is 26.5 Å². The predicted molar refractivity (Wildman–Crippen MR) is 89.3 cm³/mol.